The van der Waals surface area contributed by atoms with Crippen LogP contribution in [0.3, 0.4) is 0 Å². The van der Waals surface area contributed by atoms with Crippen LogP contribution in [-0.2, 0) is 0 Å². The van der Waals surface area contributed by atoms with E-state index in [1.165, 1.54) is 9.79 Å². The van der Waals surface area contributed by atoms with Crippen molar-refractivity contribution >= 4 is 23.5 Å². The Morgan fingerprint density at radius 1 is 0.667 bits per heavy atom. The summed E-state index contributed by atoms with van der Waals surface area (Å²) in [5, 5.41) is 4.13. The van der Waals surface area contributed by atoms with E-state index in [1.807, 2.05) is 50.3 Å². The molecule has 0 atom stereocenters. The Labute approximate surface area is 135 Å². The molecular formula is C18H18OS2. The van der Waals surface area contributed by atoms with Crippen LogP contribution in [0.1, 0.15) is 13.8 Å². The highest BCUT2D eigenvalue weighted by molar-refractivity contribution is 8.02. The Bertz CT molecular complexity index is 543. The summed E-state index contributed by atoms with van der Waals surface area (Å²) in [6, 6.07) is 16.2. The van der Waals surface area contributed by atoms with Crippen LogP contribution in [0, 0.1) is 0 Å². The minimum Gasteiger partial charge on any atom is -0.457 e. The monoisotopic (exact) mass is 314 g/mol. The molecule has 0 amide bonds. The van der Waals surface area contributed by atoms with Crippen LogP contribution in [0.4, 0.5) is 0 Å². The first-order valence-electron chi connectivity index (χ1n) is 6.75. The topological polar surface area (TPSA) is 9.23 Å². The Kier molecular flexibility index (Phi) is 6.51. The number of ether oxygens (including phenoxy) is 1. The maximum Gasteiger partial charge on any atom is 0.127 e. The van der Waals surface area contributed by atoms with E-state index in [0.29, 0.717) is 0 Å². The van der Waals surface area contributed by atoms with E-state index in [2.05, 4.69) is 35.1 Å². The minimum absolute atomic E-state index is 0.855. The molecule has 0 saturated carbocycles. The zero-order valence-corrected chi connectivity index (χ0v) is 13.8. The molecule has 0 bridgehead atoms. The number of allylic oxidation sites excluding steroid dienone is 2. The van der Waals surface area contributed by atoms with E-state index < -0.39 is 0 Å². The summed E-state index contributed by atoms with van der Waals surface area (Å²) in [6.07, 6.45) is 4.06. The smallest absolute Gasteiger partial charge is 0.127 e. The van der Waals surface area contributed by atoms with E-state index in [0.717, 1.165) is 11.5 Å². The molecular weight excluding hydrogens is 296 g/mol. The molecule has 1 nitrogen and oxygen atoms in total. The molecule has 0 heterocycles. The molecule has 21 heavy (non-hydrogen) atoms. The van der Waals surface area contributed by atoms with Gasteiger partial charge in [-0.25, -0.2) is 0 Å². The molecule has 3 heteroatoms. The lowest BCUT2D eigenvalue weighted by molar-refractivity contribution is 0.482. The lowest BCUT2D eigenvalue weighted by Crippen LogP contribution is -1.83. The first-order chi connectivity index (χ1) is 10.3. The highest BCUT2D eigenvalue weighted by Crippen LogP contribution is 2.27. The van der Waals surface area contributed by atoms with Gasteiger partial charge in [-0.15, -0.1) is 0 Å². The number of hydrogen-bond acceptors (Lipinski definition) is 3. The molecule has 0 fully saturated rings. The van der Waals surface area contributed by atoms with Crippen LogP contribution >= 0.6 is 23.5 Å². The third-order valence-corrected chi connectivity index (χ3v) is 4.47. The van der Waals surface area contributed by atoms with Crippen LogP contribution < -0.4 is 4.74 Å². The Hall–Kier alpha value is -1.58. The summed E-state index contributed by atoms with van der Waals surface area (Å²) in [5.74, 6) is 1.71. The predicted octanol–water partition coefficient (Wildman–Crippen LogP) is 6.73. The van der Waals surface area contributed by atoms with E-state index in [-0.39, 0.29) is 0 Å². The average molecular weight is 314 g/mol. The zero-order chi connectivity index (χ0) is 14.9. The highest BCUT2D eigenvalue weighted by Gasteiger charge is 1.98. The van der Waals surface area contributed by atoms with Crippen LogP contribution in [0.2, 0.25) is 0 Å². The fourth-order valence-electron chi connectivity index (χ4n) is 1.60. The largest absolute Gasteiger partial charge is 0.457 e. The van der Waals surface area contributed by atoms with Crippen LogP contribution in [0.15, 0.2) is 81.3 Å². The van der Waals surface area contributed by atoms with Gasteiger partial charge in [0.05, 0.1) is 0 Å². The number of rotatable bonds is 6. The summed E-state index contributed by atoms with van der Waals surface area (Å²) in [7, 11) is 0. The van der Waals surface area contributed by atoms with Gasteiger partial charge >= 0.3 is 0 Å². The van der Waals surface area contributed by atoms with Gasteiger partial charge in [-0.1, -0.05) is 35.7 Å². The van der Waals surface area contributed by atoms with Crippen molar-refractivity contribution in [1.29, 1.82) is 0 Å². The number of hydrogen-bond donors (Lipinski definition) is 0. The van der Waals surface area contributed by atoms with E-state index in [9.17, 15) is 0 Å². The van der Waals surface area contributed by atoms with Gasteiger partial charge in [-0.05, 0) is 73.2 Å². The molecule has 0 aliphatic rings. The highest BCUT2D eigenvalue weighted by atomic mass is 32.2. The molecule has 0 N–H and O–H groups in total. The lowest BCUT2D eigenvalue weighted by Gasteiger charge is -2.06. The van der Waals surface area contributed by atoms with Crippen molar-refractivity contribution < 1.29 is 4.74 Å². The van der Waals surface area contributed by atoms with Crippen molar-refractivity contribution in [3.63, 3.8) is 0 Å². The van der Waals surface area contributed by atoms with Crippen molar-refractivity contribution in [3.05, 3.63) is 71.5 Å². The average Bonchev–Trinajstić information content (AvgIpc) is 2.53. The molecule has 2 aromatic rings. The van der Waals surface area contributed by atoms with E-state index in [4.69, 9.17) is 4.74 Å². The molecule has 0 unspecified atom stereocenters. The quantitative estimate of drug-likeness (QED) is 0.547. The summed E-state index contributed by atoms with van der Waals surface area (Å²) in [5.41, 5.74) is 0. The van der Waals surface area contributed by atoms with Crippen molar-refractivity contribution in [3.8, 4) is 11.5 Å². The third-order valence-electron chi connectivity index (χ3n) is 2.56. The maximum atomic E-state index is 5.84. The third kappa shape index (κ3) is 5.37. The second-order valence-corrected chi connectivity index (χ2v) is 6.18. The summed E-state index contributed by atoms with van der Waals surface area (Å²) >= 11 is 3.40. The second kappa shape index (κ2) is 8.65. The number of benzene rings is 2. The van der Waals surface area contributed by atoms with Crippen molar-refractivity contribution in [2.75, 3.05) is 0 Å². The Morgan fingerprint density at radius 3 is 1.38 bits per heavy atom. The second-order valence-electron chi connectivity index (χ2n) is 4.22. The molecule has 0 aliphatic heterocycles. The van der Waals surface area contributed by atoms with E-state index >= 15 is 0 Å². The van der Waals surface area contributed by atoms with Gasteiger partial charge in [0, 0.05) is 9.79 Å². The van der Waals surface area contributed by atoms with Gasteiger partial charge in [0.15, 0.2) is 0 Å². The lowest BCUT2D eigenvalue weighted by atomic mass is 10.3. The first-order valence-corrected chi connectivity index (χ1v) is 8.51. The van der Waals surface area contributed by atoms with Gasteiger partial charge in [-0.3, -0.25) is 0 Å². The fourth-order valence-corrected chi connectivity index (χ4v) is 2.77. The predicted molar refractivity (Wildman–Crippen MR) is 94.3 cm³/mol. The van der Waals surface area contributed by atoms with Gasteiger partial charge in [-0.2, -0.15) is 0 Å². The van der Waals surface area contributed by atoms with Crippen molar-refractivity contribution in [2.24, 2.45) is 0 Å². The van der Waals surface area contributed by atoms with Crippen molar-refractivity contribution in [2.45, 2.75) is 23.6 Å². The van der Waals surface area contributed by atoms with Crippen LogP contribution in [-0.4, -0.2) is 0 Å². The van der Waals surface area contributed by atoms with Crippen molar-refractivity contribution in [1.82, 2.24) is 0 Å². The van der Waals surface area contributed by atoms with Gasteiger partial charge in [0.25, 0.3) is 0 Å². The Morgan fingerprint density at radius 2 is 1.05 bits per heavy atom. The molecule has 0 aromatic heterocycles. The summed E-state index contributed by atoms with van der Waals surface area (Å²) in [6.45, 7) is 4.03. The van der Waals surface area contributed by atoms with Gasteiger partial charge in [0.2, 0.25) is 0 Å². The number of thioether (sulfide) groups is 2. The minimum atomic E-state index is 0.855. The van der Waals surface area contributed by atoms with Gasteiger partial charge in [0.1, 0.15) is 11.5 Å². The van der Waals surface area contributed by atoms with E-state index in [1.54, 1.807) is 23.5 Å². The fraction of sp³-hybridized carbons (Fsp3) is 0.111. The standard InChI is InChI=1S/C18H18OS2/c1-3-13-20-17-9-5-15(6-10-17)19-16-7-11-18(12-8-16)21-14-4-2/h3-14H,1-2H3/b13-3+,14-4+. The first kappa shape index (κ1) is 15.8. The molecule has 2 aromatic carbocycles. The Balaban J connectivity index is 1.97. The van der Waals surface area contributed by atoms with Gasteiger partial charge < -0.3 is 4.74 Å². The SMILES string of the molecule is C/C=C/Sc1ccc(Oc2ccc(S/C=C/C)cc2)cc1. The molecule has 108 valence electrons. The van der Waals surface area contributed by atoms with Crippen LogP contribution in [0.25, 0.3) is 0 Å². The maximum absolute atomic E-state index is 5.84. The summed E-state index contributed by atoms with van der Waals surface area (Å²) in [4.78, 5) is 2.41. The summed E-state index contributed by atoms with van der Waals surface area (Å²) < 4.78 is 5.84. The molecule has 0 radical (unpaired) electrons. The zero-order valence-electron chi connectivity index (χ0n) is 12.2. The molecule has 0 aliphatic carbocycles. The molecule has 2 rings (SSSR count). The normalized spacial score (nSPS) is 11.3. The van der Waals surface area contributed by atoms with Crippen LogP contribution in [0.5, 0.6) is 11.5 Å². The molecule has 0 spiro atoms. The molecule has 0 saturated heterocycles.